The number of hydrogen-bond acceptors (Lipinski definition) is 3. The second kappa shape index (κ2) is 7.72. The molecule has 0 saturated heterocycles. The van der Waals surface area contributed by atoms with Crippen molar-refractivity contribution in [2.75, 3.05) is 0 Å². The Hall–Kier alpha value is -2.63. The van der Waals surface area contributed by atoms with E-state index in [9.17, 15) is 14.0 Å². The van der Waals surface area contributed by atoms with Crippen molar-refractivity contribution >= 4 is 34.9 Å². The lowest BCUT2D eigenvalue weighted by Crippen LogP contribution is -2.24. The van der Waals surface area contributed by atoms with Gasteiger partial charge >= 0.3 is 0 Å². The van der Waals surface area contributed by atoms with Crippen LogP contribution in [-0.4, -0.2) is 11.7 Å². The van der Waals surface area contributed by atoms with Crippen molar-refractivity contribution in [1.82, 2.24) is 5.32 Å². The first kappa shape index (κ1) is 18.2. The van der Waals surface area contributed by atoms with Gasteiger partial charge in [0.05, 0.1) is 15.6 Å². The van der Waals surface area contributed by atoms with E-state index in [1.807, 2.05) is 0 Å². The van der Waals surface area contributed by atoms with Crippen molar-refractivity contribution in [2.24, 2.45) is 0 Å². The molecule has 26 heavy (non-hydrogen) atoms. The summed E-state index contributed by atoms with van der Waals surface area (Å²) in [6.45, 7) is 0. The maximum Gasteiger partial charge on any atom is 0.259 e. The molecule has 0 unspecified atom stereocenters. The molecular weight excluding hydrogens is 380 g/mol. The number of benzene rings is 2. The van der Waals surface area contributed by atoms with Crippen LogP contribution in [0.5, 0.6) is 11.5 Å². The molecule has 2 aromatic rings. The monoisotopic (exact) mass is 391 g/mol. The van der Waals surface area contributed by atoms with Crippen molar-refractivity contribution in [3.05, 3.63) is 81.7 Å². The Kier molecular flexibility index (Phi) is 5.40. The lowest BCUT2D eigenvalue weighted by Gasteiger charge is -2.14. The van der Waals surface area contributed by atoms with E-state index in [0.717, 1.165) is 0 Å². The van der Waals surface area contributed by atoms with E-state index < -0.39 is 11.7 Å². The van der Waals surface area contributed by atoms with Crippen LogP contribution in [0.15, 0.2) is 60.3 Å². The lowest BCUT2D eigenvalue weighted by molar-refractivity contribution is -0.113. The highest BCUT2D eigenvalue weighted by Gasteiger charge is 2.18. The maximum atomic E-state index is 13.0. The fourth-order valence-electron chi connectivity index (χ4n) is 2.28. The van der Waals surface area contributed by atoms with Crippen molar-refractivity contribution in [3.63, 3.8) is 0 Å². The van der Waals surface area contributed by atoms with Crippen LogP contribution in [0, 0.1) is 5.82 Å². The van der Waals surface area contributed by atoms with Crippen LogP contribution in [0.1, 0.15) is 16.8 Å². The molecular formula is C19H12Cl2FNO3. The van der Waals surface area contributed by atoms with Gasteiger partial charge in [0.25, 0.3) is 5.91 Å². The van der Waals surface area contributed by atoms with E-state index >= 15 is 0 Å². The second-order valence-electron chi connectivity index (χ2n) is 5.45. The molecule has 0 atom stereocenters. The zero-order valence-corrected chi connectivity index (χ0v) is 14.8. The normalized spacial score (nSPS) is 13.3. The third-order valence-corrected chi connectivity index (χ3v) is 4.22. The van der Waals surface area contributed by atoms with Crippen molar-refractivity contribution in [2.45, 2.75) is 6.42 Å². The van der Waals surface area contributed by atoms with Gasteiger partial charge in [-0.15, -0.1) is 0 Å². The highest BCUT2D eigenvalue weighted by Crippen LogP contribution is 2.33. The molecule has 4 nitrogen and oxygen atoms in total. The van der Waals surface area contributed by atoms with Gasteiger partial charge in [-0.05, 0) is 36.4 Å². The van der Waals surface area contributed by atoms with Gasteiger partial charge in [0.15, 0.2) is 5.78 Å². The standard InChI is InChI=1S/C19H12Cl2FNO3/c20-16-9-15(19(25)23-12-2-1-3-13(24)8-12)18(10-17(16)21)26-14-6-4-11(22)5-7-14/h1-2,4-10H,3H2,(H,23,25). The van der Waals surface area contributed by atoms with Crippen LogP contribution in [0.25, 0.3) is 0 Å². The molecule has 132 valence electrons. The number of nitrogens with one attached hydrogen (secondary N) is 1. The summed E-state index contributed by atoms with van der Waals surface area (Å²) >= 11 is 12.0. The summed E-state index contributed by atoms with van der Waals surface area (Å²) < 4.78 is 18.7. The molecule has 0 heterocycles. The van der Waals surface area contributed by atoms with Crippen LogP contribution < -0.4 is 10.1 Å². The van der Waals surface area contributed by atoms with Crippen LogP contribution in [-0.2, 0) is 4.79 Å². The minimum atomic E-state index is -0.522. The predicted octanol–water partition coefficient (Wildman–Crippen LogP) is 5.07. The van der Waals surface area contributed by atoms with Gasteiger partial charge in [-0.2, -0.15) is 0 Å². The third kappa shape index (κ3) is 4.31. The van der Waals surface area contributed by atoms with E-state index in [2.05, 4.69) is 5.32 Å². The predicted molar refractivity (Wildman–Crippen MR) is 97.2 cm³/mol. The second-order valence-corrected chi connectivity index (χ2v) is 6.26. The number of rotatable bonds is 4. The average molecular weight is 392 g/mol. The molecule has 2 aromatic carbocycles. The molecule has 7 heteroatoms. The molecule has 0 bridgehead atoms. The van der Waals surface area contributed by atoms with E-state index in [-0.39, 0.29) is 27.1 Å². The van der Waals surface area contributed by atoms with E-state index in [1.54, 1.807) is 12.2 Å². The number of carbonyl (C=O) groups excluding carboxylic acids is 2. The van der Waals surface area contributed by atoms with Crippen molar-refractivity contribution in [3.8, 4) is 11.5 Å². The summed E-state index contributed by atoms with van der Waals surface area (Å²) in [5, 5.41) is 3.00. The molecule has 1 aliphatic carbocycles. The fraction of sp³-hybridized carbons (Fsp3) is 0.0526. The molecule has 3 rings (SSSR count). The van der Waals surface area contributed by atoms with Crippen LogP contribution in [0.4, 0.5) is 4.39 Å². The van der Waals surface area contributed by atoms with Gasteiger partial charge in [-0.25, -0.2) is 4.39 Å². The van der Waals surface area contributed by atoms with Crippen molar-refractivity contribution < 1.29 is 18.7 Å². The molecule has 1 amide bonds. The van der Waals surface area contributed by atoms with Gasteiger partial charge in [-0.1, -0.05) is 29.3 Å². The minimum absolute atomic E-state index is 0.111. The Morgan fingerprint density at radius 1 is 1.12 bits per heavy atom. The number of amides is 1. The third-order valence-electron chi connectivity index (χ3n) is 3.50. The molecule has 0 aliphatic heterocycles. The Balaban J connectivity index is 1.91. The topological polar surface area (TPSA) is 55.4 Å². The number of allylic oxidation sites excluding steroid dienone is 3. The Bertz CT molecular complexity index is 937. The summed E-state index contributed by atoms with van der Waals surface area (Å²) in [6, 6.07) is 8.08. The number of hydrogen-bond donors (Lipinski definition) is 1. The number of ether oxygens (including phenoxy) is 1. The first-order valence-corrected chi connectivity index (χ1v) is 8.33. The Morgan fingerprint density at radius 2 is 1.81 bits per heavy atom. The largest absolute Gasteiger partial charge is 0.456 e. The van der Waals surface area contributed by atoms with Crippen molar-refractivity contribution in [1.29, 1.82) is 0 Å². The summed E-state index contributed by atoms with van der Waals surface area (Å²) in [7, 11) is 0. The fourth-order valence-corrected chi connectivity index (χ4v) is 2.60. The van der Waals surface area contributed by atoms with Crippen LogP contribution in [0.3, 0.4) is 0 Å². The smallest absolute Gasteiger partial charge is 0.259 e. The molecule has 0 saturated carbocycles. The maximum absolute atomic E-state index is 13.0. The summed E-state index contributed by atoms with van der Waals surface area (Å²) in [5.41, 5.74) is 0.487. The summed E-state index contributed by atoms with van der Waals surface area (Å²) in [4.78, 5) is 24.1. The van der Waals surface area contributed by atoms with Gasteiger partial charge in [0, 0.05) is 24.3 Å². The molecule has 1 aliphatic rings. The van der Waals surface area contributed by atoms with Crippen LogP contribution in [0.2, 0.25) is 10.0 Å². The van der Waals surface area contributed by atoms with Gasteiger partial charge in [-0.3, -0.25) is 9.59 Å². The lowest BCUT2D eigenvalue weighted by atomic mass is 10.1. The summed E-state index contributed by atoms with van der Waals surface area (Å²) in [5.74, 6) is -0.572. The van der Waals surface area contributed by atoms with Gasteiger partial charge in [0.2, 0.25) is 0 Å². The van der Waals surface area contributed by atoms with E-state index in [1.165, 1.54) is 42.5 Å². The quantitative estimate of drug-likeness (QED) is 0.791. The molecule has 0 fully saturated rings. The Labute approximate surface area is 158 Å². The highest BCUT2D eigenvalue weighted by molar-refractivity contribution is 6.42. The Morgan fingerprint density at radius 3 is 2.50 bits per heavy atom. The number of halogens is 3. The molecule has 0 spiro atoms. The molecule has 0 radical (unpaired) electrons. The SMILES string of the molecule is O=C1C=C(NC(=O)c2cc(Cl)c(Cl)cc2Oc2ccc(F)cc2)C=CC1. The summed E-state index contributed by atoms with van der Waals surface area (Å²) in [6.07, 6.45) is 4.93. The first-order chi connectivity index (χ1) is 12.4. The molecule has 1 N–H and O–H groups in total. The number of carbonyl (C=O) groups is 2. The highest BCUT2D eigenvalue weighted by atomic mass is 35.5. The van der Waals surface area contributed by atoms with Gasteiger partial charge in [0.1, 0.15) is 17.3 Å². The van der Waals surface area contributed by atoms with E-state index in [4.69, 9.17) is 27.9 Å². The van der Waals surface area contributed by atoms with Crippen LogP contribution >= 0.6 is 23.2 Å². The minimum Gasteiger partial charge on any atom is -0.456 e. The number of ketones is 1. The molecule has 0 aromatic heterocycles. The first-order valence-electron chi connectivity index (χ1n) is 7.57. The van der Waals surface area contributed by atoms with Gasteiger partial charge < -0.3 is 10.1 Å². The van der Waals surface area contributed by atoms with E-state index in [0.29, 0.717) is 17.9 Å². The zero-order chi connectivity index (χ0) is 18.7. The zero-order valence-electron chi connectivity index (χ0n) is 13.3. The average Bonchev–Trinajstić information content (AvgIpc) is 2.60.